The minimum atomic E-state index is -2.93. The van der Waals surface area contributed by atoms with E-state index in [2.05, 4.69) is 9.64 Å². The number of ketones is 1. The van der Waals surface area contributed by atoms with E-state index < -0.39 is 6.61 Å². The number of allylic oxidation sites excluding steroid dienone is 1. The van der Waals surface area contributed by atoms with Crippen molar-refractivity contribution < 1.29 is 23.0 Å². The van der Waals surface area contributed by atoms with Crippen molar-refractivity contribution in [2.45, 2.75) is 25.9 Å². The summed E-state index contributed by atoms with van der Waals surface area (Å²) in [5, 5.41) is 0. The van der Waals surface area contributed by atoms with Gasteiger partial charge in [0.15, 0.2) is 17.3 Å². The molecule has 0 bridgehead atoms. The quantitative estimate of drug-likeness (QED) is 0.485. The molecule has 2 aromatic rings. The lowest BCUT2D eigenvalue weighted by Crippen LogP contribution is -2.29. The zero-order valence-electron chi connectivity index (χ0n) is 15.7. The van der Waals surface area contributed by atoms with Gasteiger partial charge >= 0.3 is 6.61 Å². The van der Waals surface area contributed by atoms with Gasteiger partial charge in [0.05, 0.1) is 7.11 Å². The predicted octanol–water partition coefficient (Wildman–Crippen LogP) is 5.18. The Hall–Kier alpha value is -2.89. The summed E-state index contributed by atoms with van der Waals surface area (Å²) in [6.07, 6.45) is 6.76. The number of benzene rings is 2. The van der Waals surface area contributed by atoms with E-state index in [0.717, 1.165) is 18.8 Å². The maximum atomic E-state index is 12.4. The number of methoxy groups -OCH3 is 1. The fourth-order valence-electron chi connectivity index (χ4n) is 3.24. The third kappa shape index (κ3) is 5.09. The van der Waals surface area contributed by atoms with Crippen molar-refractivity contribution in [2.75, 3.05) is 25.1 Å². The summed E-state index contributed by atoms with van der Waals surface area (Å²) < 4.78 is 34.2. The van der Waals surface area contributed by atoms with Crippen LogP contribution in [-0.4, -0.2) is 32.6 Å². The second-order valence-corrected chi connectivity index (χ2v) is 6.58. The number of halogens is 2. The molecule has 2 aromatic carbocycles. The predicted molar refractivity (Wildman–Crippen MR) is 105 cm³/mol. The summed E-state index contributed by atoms with van der Waals surface area (Å²) in [5.41, 5.74) is 2.39. The number of carbonyl (C=O) groups excluding carboxylic acids is 1. The third-order valence-corrected chi connectivity index (χ3v) is 4.70. The molecule has 6 heteroatoms. The number of hydrogen-bond acceptors (Lipinski definition) is 4. The van der Waals surface area contributed by atoms with Gasteiger partial charge in [0.25, 0.3) is 0 Å². The first-order chi connectivity index (χ1) is 13.6. The van der Waals surface area contributed by atoms with Crippen LogP contribution in [0.2, 0.25) is 0 Å². The molecule has 148 valence electrons. The summed E-state index contributed by atoms with van der Waals surface area (Å²) >= 11 is 0. The van der Waals surface area contributed by atoms with Crippen LogP contribution in [-0.2, 0) is 0 Å². The Labute approximate surface area is 163 Å². The van der Waals surface area contributed by atoms with Crippen LogP contribution in [0.4, 0.5) is 14.5 Å². The molecule has 1 aliphatic rings. The van der Waals surface area contributed by atoms with Crippen LogP contribution in [0.3, 0.4) is 0 Å². The van der Waals surface area contributed by atoms with Gasteiger partial charge in [-0.15, -0.1) is 0 Å². The lowest BCUT2D eigenvalue weighted by atomic mass is 10.1. The molecule has 0 aliphatic carbocycles. The lowest BCUT2D eigenvalue weighted by molar-refractivity contribution is -0.0512. The monoisotopic (exact) mass is 387 g/mol. The number of anilines is 1. The molecule has 1 heterocycles. The number of piperidine rings is 1. The molecule has 3 rings (SSSR count). The fraction of sp³-hybridized carbons (Fsp3) is 0.318. The number of ether oxygens (including phenoxy) is 2. The van der Waals surface area contributed by atoms with Crippen LogP contribution in [0.5, 0.6) is 11.5 Å². The fourth-order valence-corrected chi connectivity index (χ4v) is 3.24. The Morgan fingerprint density at radius 1 is 1.04 bits per heavy atom. The van der Waals surface area contributed by atoms with Gasteiger partial charge in [0.2, 0.25) is 0 Å². The zero-order chi connectivity index (χ0) is 19.9. The highest BCUT2D eigenvalue weighted by Gasteiger charge is 2.12. The first kappa shape index (κ1) is 19.9. The number of rotatable bonds is 7. The second-order valence-electron chi connectivity index (χ2n) is 6.58. The molecule has 0 atom stereocenters. The van der Waals surface area contributed by atoms with E-state index in [1.165, 1.54) is 38.5 Å². The second kappa shape index (κ2) is 9.35. The number of carbonyl (C=O) groups is 1. The standard InChI is InChI=1S/C22H23F2NO3/c1-27-21-15-16(6-12-20(21)28-22(23)24)5-11-19(26)17-7-9-18(10-8-17)25-13-3-2-4-14-25/h5-12,15,22H,2-4,13-14H2,1H3/b11-5+. The van der Waals surface area contributed by atoms with E-state index in [9.17, 15) is 13.6 Å². The molecule has 0 aromatic heterocycles. The van der Waals surface area contributed by atoms with Crippen molar-refractivity contribution in [1.29, 1.82) is 0 Å². The summed E-state index contributed by atoms with van der Waals surface area (Å²) in [4.78, 5) is 14.8. The molecule has 28 heavy (non-hydrogen) atoms. The van der Waals surface area contributed by atoms with E-state index >= 15 is 0 Å². The van der Waals surface area contributed by atoms with Crippen LogP contribution < -0.4 is 14.4 Å². The van der Waals surface area contributed by atoms with Gasteiger partial charge in [-0.3, -0.25) is 4.79 Å². The Morgan fingerprint density at radius 3 is 2.39 bits per heavy atom. The average Bonchev–Trinajstić information content (AvgIpc) is 2.73. The van der Waals surface area contributed by atoms with E-state index in [1.54, 1.807) is 18.2 Å². The first-order valence-corrected chi connectivity index (χ1v) is 9.27. The van der Waals surface area contributed by atoms with Gasteiger partial charge in [0.1, 0.15) is 0 Å². The maximum absolute atomic E-state index is 12.4. The largest absolute Gasteiger partial charge is 0.493 e. The molecular formula is C22H23F2NO3. The van der Waals surface area contributed by atoms with Crippen LogP contribution in [0.15, 0.2) is 48.5 Å². The molecule has 1 fully saturated rings. The van der Waals surface area contributed by atoms with Crippen LogP contribution >= 0.6 is 0 Å². The summed E-state index contributed by atoms with van der Waals surface area (Å²) in [6.45, 7) is -0.814. The van der Waals surface area contributed by atoms with Crippen molar-refractivity contribution in [3.05, 3.63) is 59.7 Å². The van der Waals surface area contributed by atoms with Crippen molar-refractivity contribution in [1.82, 2.24) is 0 Å². The van der Waals surface area contributed by atoms with Crippen molar-refractivity contribution in [3.63, 3.8) is 0 Å². The molecular weight excluding hydrogens is 364 g/mol. The van der Waals surface area contributed by atoms with Crippen LogP contribution in [0.1, 0.15) is 35.2 Å². The lowest BCUT2D eigenvalue weighted by Gasteiger charge is -2.28. The molecule has 1 saturated heterocycles. The SMILES string of the molecule is COc1cc(/C=C/C(=O)c2ccc(N3CCCCC3)cc2)ccc1OC(F)F. The molecule has 0 unspecified atom stereocenters. The Bertz CT molecular complexity index is 828. The highest BCUT2D eigenvalue weighted by Crippen LogP contribution is 2.30. The highest BCUT2D eigenvalue weighted by atomic mass is 19.3. The van der Waals surface area contributed by atoms with Crippen molar-refractivity contribution in [3.8, 4) is 11.5 Å². The number of hydrogen-bond donors (Lipinski definition) is 0. The topological polar surface area (TPSA) is 38.8 Å². The molecule has 0 radical (unpaired) electrons. The van der Waals surface area contributed by atoms with Gasteiger partial charge in [0, 0.05) is 24.3 Å². The summed E-state index contributed by atoms with van der Waals surface area (Å²) in [6, 6.07) is 12.1. The zero-order valence-corrected chi connectivity index (χ0v) is 15.7. The van der Waals surface area contributed by atoms with Crippen LogP contribution in [0, 0.1) is 0 Å². The van der Waals surface area contributed by atoms with E-state index in [0.29, 0.717) is 11.1 Å². The van der Waals surface area contributed by atoms with Crippen LogP contribution in [0.25, 0.3) is 6.08 Å². The first-order valence-electron chi connectivity index (χ1n) is 9.27. The van der Waals surface area contributed by atoms with Gasteiger partial charge in [-0.05, 0) is 67.3 Å². The smallest absolute Gasteiger partial charge is 0.387 e. The Morgan fingerprint density at radius 2 is 1.75 bits per heavy atom. The van der Waals surface area contributed by atoms with Gasteiger partial charge in [-0.2, -0.15) is 8.78 Å². The third-order valence-electron chi connectivity index (χ3n) is 4.70. The maximum Gasteiger partial charge on any atom is 0.387 e. The van der Waals surface area contributed by atoms with Gasteiger partial charge < -0.3 is 14.4 Å². The van der Waals surface area contributed by atoms with E-state index in [1.807, 2.05) is 24.3 Å². The normalized spacial score (nSPS) is 14.5. The minimum absolute atomic E-state index is 0.0470. The molecule has 0 spiro atoms. The Kier molecular flexibility index (Phi) is 6.63. The number of nitrogens with zero attached hydrogens (tertiary/aromatic N) is 1. The average molecular weight is 387 g/mol. The summed E-state index contributed by atoms with van der Waals surface area (Å²) in [7, 11) is 1.37. The number of alkyl halides is 2. The van der Waals surface area contributed by atoms with Gasteiger partial charge in [-0.1, -0.05) is 12.1 Å². The van der Waals surface area contributed by atoms with Crippen molar-refractivity contribution in [2.24, 2.45) is 0 Å². The Balaban J connectivity index is 1.67. The van der Waals surface area contributed by atoms with E-state index in [4.69, 9.17) is 4.74 Å². The molecule has 0 amide bonds. The van der Waals surface area contributed by atoms with Crippen molar-refractivity contribution >= 4 is 17.5 Å². The van der Waals surface area contributed by atoms with Gasteiger partial charge in [-0.25, -0.2) is 0 Å². The minimum Gasteiger partial charge on any atom is -0.493 e. The molecule has 0 saturated carbocycles. The summed E-state index contributed by atoms with van der Waals surface area (Å²) in [5.74, 6) is 0.00660. The van der Waals surface area contributed by atoms with E-state index in [-0.39, 0.29) is 17.3 Å². The highest BCUT2D eigenvalue weighted by molar-refractivity contribution is 6.07. The molecule has 4 nitrogen and oxygen atoms in total. The molecule has 1 aliphatic heterocycles. The molecule has 0 N–H and O–H groups in total.